The molecule has 6 nitrogen and oxygen atoms in total. The van der Waals surface area contributed by atoms with Crippen LogP contribution in [-0.2, 0) is 14.3 Å². The Bertz CT molecular complexity index is 1080. The molecule has 33 heavy (non-hydrogen) atoms. The van der Waals surface area contributed by atoms with Gasteiger partial charge < -0.3 is 14.8 Å². The summed E-state index contributed by atoms with van der Waals surface area (Å²) in [7, 11) is 0. The van der Waals surface area contributed by atoms with E-state index in [0.717, 1.165) is 25.0 Å². The Kier molecular flexibility index (Phi) is 7.93. The average Bonchev–Trinajstić information content (AvgIpc) is 3.37. The Morgan fingerprint density at radius 3 is 2.64 bits per heavy atom. The minimum atomic E-state index is -0.340. The van der Waals surface area contributed by atoms with E-state index in [1.54, 1.807) is 41.3 Å². The van der Waals surface area contributed by atoms with E-state index in [2.05, 4.69) is 5.32 Å². The molecule has 0 radical (unpaired) electrons. The van der Waals surface area contributed by atoms with Gasteiger partial charge in [-0.3, -0.25) is 14.5 Å². The van der Waals surface area contributed by atoms with Crippen LogP contribution >= 0.6 is 47.2 Å². The predicted molar refractivity (Wildman–Crippen MR) is 136 cm³/mol. The highest BCUT2D eigenvalue weighted by Crippen LogP contribution is 2.33. The number of anilines is 1. The number of hydrogen-bond acceptors (Lipinski definition) is 6. The van der Waals surface area contributed by atoms with E-state index in [-0.39, 0.29) is 24.5 Å². The molecule has 1 N–H and O–H groups in total. The first-order valence-electron chi connectivity index (χ1n) is 10.2. The Hall–Kier alpha value is -2.10. The zero-order valence-electron chi connectivity index (χ0n) is 17.4. The van der Waals surface area contributed by atoms with Gasteiger partial charge >= 0.3 is 0 Å². The van der Waals surface area contributed by atoms with Gasteiger partial charge in [-0.05, 0) is 54.8 Å². The third kappa shape index (κ3) is 6.49. The Labute approximate surface area is 211 Å². The summed E-state index contributed by atoms with van der Waals surface area (Å²) in [6.07, 6.45) is 3.81. The second kappa shape index (κ2) is 10.9. The molecule has 0 spiro atoms. The number of ether oxygens (including phenoxy) is 2. The van der Waals surface area contributed by atoms with Crippen LogP contribution in [0.15, 0.2) is 47.4 Å². The van der Waals surface area contributed by atoms with Crippen molar-refractivity contribution in [2.24, 2.45) is 0 Å². The van der Waals surface area contributed by atoms with E-state index in [1.165, 1.54) is 11.8 Å². The molecule has 2 fully saturated rings. The van der Waals surface area contributed by atoms with E-state index in [9.17, 15) is 9.59 Å². The minimum absolute atomic E-state index is 0.0522. The van der Waals surface area contributed by atoms with Crippen molar-refractivity contribution in [2.45, 2.75) is 18.9 Å². The molecule has 0 saturated carbocycles. The average molecular weight is 523 g/mol. The number of nitrogens with zero attached hydrogens (tertiary/aromatic N) is 1. The third-order valence-corrected chi connectivity index (χ3v) is 6.79. The molecule has 172 valence electrons. The van der Waals surface area contributed by atoms with E-state index in [0.29, 0.717) is 37.3 Å². The number of halogens is 2. The van der Waals surface area contributed by atoms with Crippen molar-refractivity contribution in [3.63, 3.8) is 0 Å². The normalized spacial score (nSPS) is 19.4. The highest BCUT2D eigenvalue weighted by molar-refractivity contribution is 8.26. The van der Waals surface area contributed by atoms with Crippen molar-refractivity contribution >= 4 is 75.1 Å². The topological polar surface area (TPSA) is 67.9 Å². The van der Waals surface area contributed by atoms with Crippen molar-refractivity contribution in [3.05, 3.63) is 63.0 Å². The number of benzene rings is 2. The molecule has 2 heterocycles. The molecular formula is C23H20Cl2N2O4S2. The van der Waals surface area contributed by atoms with Gasteiger partial charge in [-0.1, -0.05) is 59.3 Å². The highest BCUT2D eigenvalue weighted by atomic mass is 35.5. The fourth-order valence-corrected chi connectivity index (χ4v) is 5.23. The molecule has 2 saturated heterocycles. The van der Waals surface area contributed by atoms with Crippen LogP contribution in [0, 0.1) is 0 Å². The van der Waals surface area contributed by atoms with Crippen molar-refractivity contribution in [1.29, 1.82) is 0 Å². The maximum absolute atomic E-state index is 12.8. The van der Waals surface area contributed by atoms with Crippen molar-refractivity contribution in [1.82, 2.24) is 4.90 Å². The summed E-state index contributed by atoms with van der Waals surface area (Å²) in [6.45, 7) is 1.06. The van der Waals surface area contributed by atoms with Crippen LogP contribution in [0.4, 0.5) is 5.69 Å². The van der Waals surface area contributed by atoms with Gasteiger partial charge in [0.15, 0.2) is 6.61 Å². The fourth-order valence-electron chi connectivity index (χ4n) is 3.43. The number of rotatable bonds is 7. The zero-order chi connectivity index (χ0) is 23.4. The van der Waals surface area contributed by atoms with E-state index in [1.807, 2.05) is 12.1 Å². The molecule has 2 amide bonds. The summed E-state index contributed by atoms with van der Waals surface area (Å²) in [5, 5.41) is 3.54. The summed E-state index contributed by atoms with van der Waals surface area (Å²) in [4.78, 5) is 27.1. The largest absolute Gasteiger partial charge is 0.484 e. The van der Waals surface area contributed by atoms with Gasteiger partial charge in [0.05, 0.1) is 17.6 Å². The number of carbonyl (C=O) groups is 2. The molecule has 2 aliphatic rings. The second-order valence-electron chi connectivity index (χ2n) is 7.49. The highest BCUT2D eigenvalue weighted by Gasteiger charge is 2.34. The van der Waals surface area contributed by atoms with Crippen LogP contribution in [0.3, 0.4) is 0 Å². The van der Waals surface area contributed by atoms with Gasteiger partial charge in [-0.25, -0.2) is 0 Å². The number of carbonyl (C=O) groups excluding carboxylic acids is 2. The van der Waals surface area contributed by atoms with Gasteiger partial charge in [0.1, 0.15) is 10.1 Å². The van der Waals surface area contributed by atoms with Crippen LogP contribution in [0.2, 0.25) is 10.0 Å². The van der Waals surface area contributed by atoms with Gasteiger partial charge in [0.2, 0.25) is 0 Å². The number of nitrogens with one attached hydrogen (secondary N) is 1. The van der Waals surface area contributed by atoms with E-state index < -0.39 is 0 Å². The third-order valence-electron chi connectivity index (χ3n) is 4.98. The van der Waals surface area contributed by atoms with Gasteiger partial charge in [-0.15, -0.1) is 0 Å². The number of amides is 2. The molecule has 0 unspecified atom stereocenters. The summed E-state index contributed by atoms with van der Waals surface area (Å²) >= 11 is 18.5. The van der Waals surface area contributed by atoms with Crippen LogP contribution in [-0.4, -0.2) is 46.9 Å². The molecule has 4 rings (SSSR count). The van der Waals surface area contributed by atoms with Crippen molar-refractivity contribution in [2.75, 3.05) is 25.1 Å². The van der Waals surface area contributed by atoms with E-state index in [4.69, 9.17) is 44.9 Å². The molecule has 0 aromatic heterocycles. The quantitative estimate of drug-likeness (QED) is 0.388. The first-order chi connectivity index (χ1) is 15.9. The van der Waals surface area contributed by atoms with Crippen molar-refractivity contribution < 1.29 is 19.1 Å². The summed E-state index contributed by atoms with van der Waals surface area (Å²) < 4.78 is 11.7. The van der Waals surface area contributed by atoms with Gasteiger partial charge in [0, 0.05) is 22.3 Å². The molecule has 10 heteroatoms. The van der Waals surface area contributed by atoms with Crippen LogP contribution < -0.4 is 10.1 Å². The number of thioether (sulfide) groups is 1. The molecular weight excluding hydrogens is 503 g/mol. The molecule has 2 aromatic rings. The Balaban J connectivity index is 1.31. The first kappa shape index (κ1) is 24.0. The first-order valence-corrected chi connectivity index (χ1v) is 12.2. The van der Waals surface area contributed by atoms with Crippen LogP contribution in [0.25, 0.3) is 6.08 Å². The predicted octanol–water partition coefficient (Wildman–Crippen LogP) is 5.39. The van der Waals surface area contributed by atoms with Crippen molar-refractivity contribution in [3.8, 4) is 5.75 Å². The molecule has 2 aromatic carbocycles. The monoisotopic (exact) mass is 522 g/mol. The molecule has 0 aliphatic carbocycles. The maximum atomic E-state index is 12.8. The summed E-state index contributed by atoms with van der Waals surface area (Å²) in [5.74, 6) is 0.0864. The SMILES string of the molecule is O=C(COc1ccc(/C=C2\SC(=S)N(C[C@H]3CCCO3)C2=O)cc1)Nc1cc(Cl)cc(Cl)c1. The Morgan fingerprint density at radius 2 is 1.97 bits per heavy atom. The van der Waals surface area contributed by atoms with Crippen LogP contribution in [0.5, 0.6) is 5.75 Å². The molecule has 0 bridgehead atoms. The standard InChI is InChI=1S/C23H20Cl2N2O4S2/c24-15-9-16(25)11-17(10-15)26-21(28)13-31-18-5-3-14(4-6-18)8-20-22(29)27(23(32)33-20)12-19-2-1-7-30-19/h3-6,8-11,19H,1-2,7,12-13H2,(H,26,28)/b20-8-/t19-/m1/s1. The maximum Gasteiger partial charge on any atom is 0.266 e. The number of hydrogen-bond donors (Lipinski definition) is 1. The lowest BCUT2D eigenvalue weighted by Crippen LogP contribution is -2.35. The molecule has 2 aliphatic heterocycles. The van der Waals surface area contributed by atoms with Crippen LogP contribution in [0.1, 0.15) is 18.4 Å². The summed E-state index contributed by atoms with van der Waals surface area (Å²) in [5.41, 5.74) is 1.33. The lowest BCUT2D eigenvalue weighted by molar-refractivity contribution is -0.123. The lowest BCUT2D eigenvalue weighted by Gasteiger charge is -2.18. The second-order valence-corrected chi connectivity index (χ2v) is 10.0. The smallest absolute Gasteiger partial charge is 0.266 e. The van der Waals surface area contributed by atoms with E-state index >= 15 is 0 Å². The fraction of sp³-hybridized carbons (Fsp3) is 0.261. The minimum Gasteiger partial charge on any atom is -0.484 e. The van der Waals surface area contributed by atoms with Gasteiger partial charge in [0.25, 0.3) is 11.8 Å². The Morgan fingerprint density at radius 1 is 1.24 bits per heavy atom. The van der Waals surface area contributed by atoms with Gasteiger partial charge in [-0.2, -0.15) is 0 Å². The zero-order valence-corrected chi connectivity index (χ0v) is 20.5. The number of thiocarbonyl (C=S) groups is 1. The summed E-state index contributed by atoms with van der Waals surface area (Å²) in [6, 6.07) is 11.9. The lowest BCUT2D eigenvalue weighted by atomic mass is 10.2. The molecule has 1 atom stereocenters.